The first kappa shape index (κ1) is 22.8. The van der Waals surface area contributed by atoms with Crippen LogP contribution in [0.4, 0.5) is 0 Å². The smallest absolute Gasteiger partial charge is 0.244 e. The topological polar surface area (TPSA) is 59.9 Å². The lowest BCUT2D eigenvalue weighted by Gasteiger charge is -2.14. The Morgan fingerprint density at radius 3 is 2.52 bits per heavy atom. The van der Waals surface area contributed by atoms with Crippen molar-refractivity contribution in [2.45, 2.75) is 20.0 Å². The number of nitrogens with one attached hydrogen (secondary N) is 1. The zero-order chi connectivity index (χ0) is 22.1. The Morgan fingerprint density at radius 2 is 1.81 bits per heavy atom. The van der Waals surface area contributed by atoms with Crippen LogP contribution in [0.1, 0.15) is 23.6 Å². The minimum Gasteiger partial charge on any atom is -0.490 e. The third kappa shape index (κ3) is 7.12. The minimum atomic E-state index is -0.186. The molecule has 1 amide bonds. The van der Waals surface area contributed by atoms with E-state index in [0.29, 0.717) is 29.7 Å². The summed E-state index contributed by atoms with van der Waals surface area (Å²) in [6.07, 6.45) is 1.84. The van der Waals surface area contributed by atoms with Gasteiger partial charge in [0.15, 0.2) is 11.5 Å². The summed E-state index contributed by atoms with van der Waals surface area (Å²) in [5, 5.41) is 4.74. The van der Waals surface area contributed by atoms with E-state index in [2.05, 4.69) is 26.5 Å². The molecule has 0 radical (unpaired) electrons. The van der Waals surface area contributed by atoms with Crippen LogP contribution in [0.3, 0.4) is 0 Å². The molecule has 0 atom stereocenters. The van der Waals surface area contributed by atoms with Crippen LogP contribution >= 0.6 is 27.5 Å². The summed E-state index contributed by atoms with van der Waals surface area (Å²) in [5.41, 5.74) is 5.23. The quantitative estimate of drug-likeness (QED) is 0.299. The Kier molecular flexibility index (Phi) is 8.50. The Labute approximate surface area is 195 Å². The molecule has 0 aliphatic heterocycles. The normalized spacial score (nSPS) is 10.8. The Hall–Kier alpha value is -2.83. The second-order valence-corrected chi connectivity index (χ2v) is 7.92. The van der Waals surface area contributed by atoms with Gasteiger partial charge in [0.1, 0.15) is 6.61 Å². The minimum absolute atomic E-state index is 0.186. The van der Waals surface area contributed by atoms with Crippen molar-refractivity contribution in [3.05, 3.63) is 92.9 Å². The van der Waals surface area contributed by atoms with Gasteiger partial charge in [-0.15, -0.1) is 0 Å². The molecule has 0 spiro atoms. The van der Waals surface area contributed by atoms with Crippen molar-refractivity contribution in [1.29, 1.82) is 0 Å². The molecule has 31 heavy (non-hydrogen) atoms. The number of ether oxygens (including phenoxy) is 2. The lowest BCUT2D eigenvalue weighted by Crippen LogP contribution is -2.19. The van der Waals surface area contributed by atoms with Gasteiger partial charge in [0.2, 0.25) is 5.91 Å². The highest BCUT2D eigenvalue weighted by Crippen LogP contribution is 2.37. The summed E-state index contributed by atoms with van der Waals surface area (Å²) in [4.78, 5) is 12.0. The molecule has 0 unspecified atom stereocenters. The molecule has 0 aliphatic rings. The van der Waals surface area contributed by atoms with Gasteiger partial charge in [-0.2, -0.15) is 5.10 Å². The average Bonchev–Trinajstić information content (AvgIpc) is 2.75. The van der Waals surface area contributed by atoms with E-state index < -0.39 is 0 Å². The van der Waals surface area contributed by atoms with Crippen molar-refractivity contribution in [1.82, 2.24) is 5.43 Å². The number of carbonyl (C=O) groups excluding carboxylic acids is 1. The molecule has 0 fully saturated rings. The van der Waals surface area contributed by atoms with Gasteiger partial charge in [-0.25, -0.2) is 5.43 Å². The second-order valence-electron chi connectivity index (χ2n) is 6.63. The predicted octanol–water partition coefficient (Wildman–Crippen LogP) is 5.77. The van der Waals surface area contributed by atoms with Crippen molar-refractivity contribution >= 4 is 39.7 Å². The van der Waals surface area contributed by atoms with Gasteiger partial charge in [-0.1, -0.05) is 54.1 Å². The van der Waals surface area contributed by atoms with E-state index in [1.54, 1.807) is 6.21 Å². The highest BCUT2D eigenvalue weighted by molar-refractivity contribution is 9.10. The monoisotopic (exact) mass is 500 g/mol. The fourth-order valence-electron chi connectivity index (χ4n) is 2.80. The summed E-state index contributed by atoms with van der Waals surface area (Å²) in [7, 11) is 0. The van der Waals surface area contributed by atoms with Crippen molar-refractivity contribution in [3.63, 3.8) is 0 Å². The molecule has 160 valence electrons. The van der Waals surface area contributed by atoms with E-state index >= 15 is 0 Å². The highest BCUT2D eigenvalue weighted by Gasteiger charge is 2.12. The molecule has 0 saturated carbocycles. The van der Waals surface area contributed by atoms with Gasteiger partial charge >= 0.3 is 0 Å². The number of hydrogen-bond donors (Lipinski definition) is 1. The first-order chi connectivity index (χ1) is 15.0. The van der Waals surface area contributed by atoms with Gasteiger partial charge in [-0.3, -0.25) is 4.79 Å². The molecule has 0 heterocycles. The number of rotatable bonds is 9. The molecular formula is C24H22BrClN2O3. The molecule has 7 heteroatoms. The molecule has 5 nitrogen and oxygen atoms in total. The Balaban J connectivity index is 1.66. The molecule has 0 aliphatic carbocycles. The summed E-state index contributed by atoms with van der Waals surface area (Å²) in [6.45, 7) is 2.76. The molecule has 0 aromatic heterocycles. The van der Waals surface area contributed by atoms with Gasteiger partial charge in [0.25, 0.3) is 0 Å². The maximum Gasteiger partial charge on any atom is 0.244 e. The van der Waals surface area contributed by atoms with Gasteiger partial charge in [0.05, 0.1) is 23.7 Å². The number of hydrogen-bond acceptors (Lipinski definition) is 4. The van der Waals surface area contributed by atoms with Gasteiger partial charge in [0, 0.05) is 5.02 Å². The van der Waals surface area contributed by atoms with Crippen LogP contribution in [0.5, 0.6) is 11.5 Å². The number of benzene rings is 3. The largest absolute Gasteiger partial charge is 0.490 e. The van der Waals surface area contributed by atoms with E-state index in [9.17, 15) is 4.79 Å². The summed E-state index contributed by atoms with van der Waals surface area (Å²) < 4.78 is 12.5. The SMILES string of the molecule is CCOc1cc(/C=N\NC(=O)Cc2ccccc2)cc(Br)c1OCc1ccc(Cl)cc1. The van der Waals surface area contributed by atoms with E-state index in [1.165, 1.54) is 0 Å². The lowest BCUT2D eigenvalue weighted by molar-refractivity contribution is -0.120. The van der Waals surface area contributed by atoms with E-state index in [-0.39, 0.29) is 12.3 Å². The van der Waals surface area contributed by atoms with Crippen LogP contribution in [-0.2, 0) is 17.8 Å². The Bertz CT molecular complexity index is 1040. The van der Waals surface area contributed by atoms with Gasteiger partial charge in [-0.05, 0) is 63.8 Å². The van der Waals surface area contributed by atoms with Crippen LogP contribution in [0.15, 0.2) is 76.3 Å². The molecule has 0 saturated heterocycles. The first-order valence-corrected chi connectivity index (χ1v) is 10.9. The zero-order valence-corrected chi connectivity index (χ0v) is 19.3. The third-order valence-electron chi connectivity index (χ3n) is 4.24. The summed E-state index contributed by atoms with van der Waals surface area (Å²) in [5.74, 6) is 0.999. The lowest BCUT2D eigenvalue weighted by atomic mass is 10.1. The maximum absolute atomic E-state index is 12.0. The zero-order valence-electron chi connectivity index (χ0n) is 17.0. The number of amides is 1. The molecule has 1 N–H and O–H groups in total. The van der Waals surface area contributed by atoms with Crippen LogP contribution in [-0.4, -0.2) is 18.7 Å². The Morgan fingerprint density at radius 1 is 1.06 bits per heavy atom. The van der Waals surface area contributed by atoms with Crippen molar-refractivity contribution in [3.8, 4) is 11.5 Å². The van der Waals surface area contributed by atoms with Crippen LogP contribution in [0.2, 0.25) is 5.02 Å². The predicted molar refractivity (Wildman–Crippen MR) is 127 cm³/mol. The molecular weight excluding hydrogens is 480 g/mol. The standard InChI is InChI=1S/C24H22BrClN2O3/c1-2-30-22-13-19(15-27-28-23(29)14-17-6-4-3-5-7-17)12-21(25)24(22)31-16-18-8-10-20(26)11-9-18/h3-13,15H,2,14,16H2,1H3,(H,28,29)/b27-15-. The van der Waals surface area contributed by atoms with Crippen LogP contribution in [0, 0.1) is 0 Å². The maximum atomic E-state index is 12.0. The van der Waals surface area contributed by atoms with Gasteiger partial charge < -0.3 is 9.47 Å². The average molecular weight is 502 g/mol. The van der Waals surface area contributed by atoms with E-state index in [4.69, 9.17) is 21.1 Å². The molecule has 3 aromatic carbocycles. The third-order valence-corrected chi connectivity index (χ3v) is 5.08. The number of carbonyl (C=O) groups is 1. The number of nitrogens with zero attached hydrogens (tertiary/aromatic N) is 1. The van der Waals surface area contributed by atoms with Crippen molar-refractivity contribution in [2.75, 3.05) is 6.61 Å². The number of halogens is 2. The molecule has 3 rings (SSSR count). The number of hydrazone groups is 1. The van der Waals surface area contributed by atoms with Crippen LogP contribution in [0.25, 0.3) is 0 Å². The summed E-state index contributed by atoms with van der Waals surface area (Å²) in [6, 6.07) is 20.7. The molecule has 3 aromatic rings. The highest BCUT2D eigenvalue weighted by atomic mass is 79.9. The van der Waals surface area contributed by atoms with Crippen LogP contribution < -0.4 is 14.9 Å². The van der Waals surface area contributed by atoms with E-state index in [1.807, 2.05) is 73.7 Å². The van der Waals surface area contributed by atoms with Crippen molar-refractivity contribution in [2.24, 2.45) is 5.10 Å². The first-order valence-electron chi connectivity index (χ1n) is 9.74. The second kappa shape index (κ2) is 11.5. The fraction of sp³-hybridized carbons (Fsp3) is 0.167. The summed E-state index contributed by atoms with van der Waals surface area (Å²) >= 11 is 9.48. The fourth-order valence-corrected chi connectivity index (χ4v) is 3.50. The molecule has 0 bridgehead atoms. The van der Waals surface area contributed by atoms with Crippen molar-refractivity contribution < 1.29 is 14.3 Å². The van der Waals surface area contributed by atoms with E-state index in [0.717, 1.165) is 21.2 Å².